The number of anilines is 1. The average Bonchev–Trinajstić information content (AvgIpc) is 3.72. The normalized spacial score (nSPS) is 26.2. The van der Waals surface area contributed by atoms with Gasteiger partial charge in [-0.15, -0.1) is 13.2 Å². The number of amides is 3. The number of hydrogen-bond donors (Lipinski definition) is 2. The summed E-state index contributed by atoms with van der Waals surface area (Å²) in [5.41, 5.74) is -0.0630. The van der Waals surface area contributed by atoms with Crippen molar-refractivity contribution in [3.63, 3.8) is 0 Å². The van der Waals surface area contributed by atoms with Crippen molar-refractivity contribution < 1.29 is 33.8 Å². The van der Waals surface area contributed by atoms with Gasteiger partial charge in [-0.05, 0) is 62.9 Å². The number of allylic oxidation sites excluding steroid dienone is 1. The number of benzene rings is 2. The number of rotatable bonds is 14. The van der Waals surface area contributed by atoms with Crippen LogP contribution in [-0.2, 0) is 28.7 Å². The molecule has 0 aromatic heterocycles. The molecule has 3 saturated heterocycles. The van der Waals surface area contributed by atoms with Gasteiger partial charge in [0.1, 0.15) is 17.7 Å². The lowest BCUT2D eigenvalue weighted by Gasteiger charge is -2.38. The van der Waals surface area contributed by atoms with Crippen LogP contribution in [0.25, 0.3) is 0 Å². The molecule has 1 spiro atoms. The Morgan fingerprint density at radius 3 is 2.49 bits per heavy atom. The number of ether oxygens (including phenoxy) is 2. The minimum Gasteiger partial charge on any atom is -0.455 e. The van der Waals surface area contributed by atoms with Crippen LogP contribution in [0, 0.1) is 11.8 Å². The molecule has 3 heterocycles. The van der Waals surface area contributed by atoms with Gasteiger partial charge in [0.25, 0.3) is 5.91 Å². The van der Waals surface area contributed by atoms with Crippen molar-refractivity contribution in [1.29, 1.82) is 0 Å². The van der Waals surface area contributed by atoms with Gasteiger partial charge in [0, 0.05) is 23.7 Å². The number of esters is 1. The van der Waals surface area contributed by atoms with Crippen LogP contribution in [0.3, 0.4) is 0 Å². The van der Waals surface area contributed by atoms with Gasteiger partial charge in [-0.1, -0.05) is 54.1 Å². The number of nitrogens with zero attached hydrogens (tertiary/aromatic N) is 2. The number of carbonyl (C=O) groups is 4. The Labute approximate surface area is 280 Å². The molecule has 10 nitrogen and oxygen atoms in total. The van der Waals surface area contributed by atoms with Gasteiger partial charge in [-0.2, -0.15) is 0 Å². The van der Waals surface area contributed by atoms with Gasteiger partial charge in [0.15, 0.2) is 0 Å². The molecule has 5 rings (SSSR count). The smallest absolute Gasteiger partial charge is 0.313 e. The lowest BCUT2D eigenvalue weighted by molar-refractivity contribution is -0.162. The summed E-state index contributed by atoms with van der Waals surface area (Å²) < 4.78 is 12.8. The molecule has 0 saturated carbocycles. The third-order valence-electron chi connectivity index (χ3n) is 9.49. The van der Waals surface area contributed by atoms with E-state index in [1.807, 2.05) is 30.3 Å². The van der Waals surface area contributed by atoms with Gasteiger partial charge < -0.3 is 29.7 Å². The van der Waals surface area contributed by atoms with E-state index in [0.29, 0.717) is 35.5 Å². The molecular formula is C36H42ClN3O7. The first-order valence-electron chi connectivity index (χ1n) is 16.0. The fraction of sp³-hybridized carbons (Fsp3) is 0.444. The molecular weight excluding hydrogens is 622 g/mol. The number of fused-ring (bicyclic) bond motifs is 1. The van der Waals surface area contributed by atoms with Crippen LogP contribution in [0.5, 0.6) is 0 Å². The van der Waals surface area contributed by atoms with Crippen LogP contribution < -0.4 is 10.2 Å². The first-order valence-corrected chi connectivity index (χ1v) is 16.4. The molecule has 8 atom stereocenters. The highest BCUT2D eigenvalue weighted by Gasteiger charge is 2.75. The fourth-order valence-corrected chi connectivity index (χ4v) is 7.49. The van der Waals surface area contributed by atoms with E-state index in [1.54, 1.807) is 50.3 Å². The Hall–Kier alpha value is -3.99. The maximum Gasteiger partial charge on any atom is 0.313 e. The van der Waals surface area contributed by atoms with Gasteiger partial charge >= 0.3 is 5.97 Å². The van der Waals surface area contributed by atoms with Crippen molar-refractivity contribution in [2.45, 2.75) is 75.5 Å². The van der Waals surface area contributed by atoms with E-state index in [4.69, 9.17) is 21.1 Å². The van der Waals surface area contributed by atoms with Crippen molar-refractivity contribution in [3.8, 4) is 0 Å². The predicted octanol–water partition coefficient (Wildman–Crippen LogP) is 4.37. The summed E-state index contributed by atoms with van der Waals surface area (Å²) in [6, 6.07) is 13.5. The Balaban J connectivity index is 1.48. The molecule has 47 heavy (non-hydrogen) atoms. The summed E-state index contributed by atoms with van der Waals surface area (Å²) in [6.07, 6.45) is 3.33. The summed E-state index contributed by atoms with van der Waals surface area (Å²) in [5, 5.41) is 13.6. The highest BCUT2D eigenvalue weighted by Crippen LogP contribution is 2.59. The first-order chi connectivity index (χ1) is 22.6. The van der Waals surface area contributed by atoms with Crippen LogP contribution in [0.15, 0.2) is 79.9 Å². The van der Waals surface area contributed by atoms with Gasteiger partial charge in [0.05, 0.1) is 36.6 Å². The quantitative estimate of drug-likeness (QED) is 0.227. The standard InChI is InChI=1S/C36H42ClN3O7/c1-5-7-13-28(42)38-23(4)31(24-11-9-8-10-12-24)46-35(45)29-27-18-19-36(47-27)30(29)33(43)40(22(3)21-41)32(36)34(44)39(20-6-2)26-16-14-25(37)15-17-26/h5-6,8-12,14-17,22-23,27,29-32,41H,1-2,7,13,18-21H2,3-4H3,(H,38,42)/t22-,23+,27-,29+,30+,31+,32-,36+/m1/s1. The molecule has 2 aromatic rings. The molecule has 3 aliphatic heterocycles. The zero-order valence-corrected chi connectivity index (χ0v) is 27.5. The number of nitrogens with one attached hydrogen (secondary N) is 1. The predicted molar refractivity (Wildman–Crippen MR) is 177 cm³/mol. The van der Waals surface area contributed by atoms with Gasteiger partial charge in [0.2, 0.25) is 11.8 Å². The molecule has 0 aliphatic carbocycles. The number of halogens is 1. The Bertz CT molecular complexity index is 1500. The van der Waals surface area contributed by atoms with Crippen molar-refractivity contribution in [1.82, 2.24) is 10.2 Å². The molecule has 2 aromatic carbocycles. The SMILES string of the molecule is C=CCCC(=O)N[C@@H](C)[C@H](OC(=O)[C@@H]1[C@H]2C(=O)N([C@H](C)CO)[C@H](C(=O)N(CC=C)c3ccc(Cl)cc3)[C@]23CC[C@H]1O3)c1ccccc1. The molecule has 3 aliphatic rings. The van der Waals surface area contributed by atoms with Gasteiger partial charge in [-0.3, -0.25) is 19.2 Å². The van der Waals surface area contributed by atoms with E-state index >= 15 is 0 Å². The second-order valence-electron chi connectivity index (χ2n) is 12.5. The average molecular weight is 664 g/mol. The maximum absolute atomic E-state index is 14.6. The Morgan fingerprint density at radius 1 is 1.15 bits per heavy atom. The minimum atomic E-state index is -1.30. The topological polar surface area (TPSA) is 125 Å². The first kappa shape index (κ1) is 34.3. The highest BCUT2D eigenvalue weighted by molar-refractivity contribution is 6.30. The number of hydrogen-bond acceptors (Lipinski definition) is 7. The third-order valence-corrected chi connectivity index (χ3v) is 9.74. The molecule has 3 fully saturated rings. The number of aliphatic hydroxyl groups excluding tert-OH is 1. The third kappa shape index (κ3) is 6.46. The molecule has 2 bridgehead atoms. The second-order valence-corrected chi connectivity index (χ2v) is 12.9. The van der Waals surface area contributed by atoms with Crippen LogP contribution >= 0.6 is 11.6 Å². The van der Waals surface area contributed by atoms with Crippen molar-refractivity contribution in [2.24, 2.45) is 11.8 Å². The Kier molecular flexibility index (Phi) is 10.5. The van der Waals surface area contributed by atoms with Gasteiger partial charge in [-0.25, -0.2) is 0 Å². The molecule has 3 amide bonds. The molecule has 0 radical (unpaired) electrons. The molecule has 11 heteroatoms. The zero-order chi connectivity index (χ0) is 33.9. The Morgan fingerprint density at radius 2 is 1.85 bits per heavy atom. The monoisotopic (exact) mass is 663 g/mol. The fourth-order valence-electron chi connectivity index (χ4n) is 7.36. The zero-order valence-electron chi connectivity index (χ0n) is 26.7. The van der Waals surface area contributed by atoms with E-state index in [9.17, 15) is 24.3 Å². The summed E-state index contributed by atoms with van der Waals surface area (Å²) in [6.45, 7) is 10.7. The second kappa shape index (κ2) is 14.4. The summed E-state index contributed by atoms with van der Waals surface area (Å²) >= 11 is 6.12. The van der Waals surface area contributed by atoms with E-state index in [0.717, 1.165) is 0 Å². The van der Waals surface area contributed by atoms with Crippen molar-refractivity contribution in [3.05, 3.63) is 90.5 Å². The maximum atomic E-state index is 14.6. The van der Waals surface area contributed by atoms with Crippen molar-refractivity contribution in [2.75, 3.05) is 18.1 Å². The summed E-state index contributed by atoms with van der Waals surface area (Å²) in [4.78, 5) is 58.6. The molecule has 0 unspecified atom stereocenters. The minimum absolute atomic E-state index is 0.150. The lowest BCUT2D eigenvalue weighted by atomic mass is 9.70. The van der Waals surface area contributed by atoms with E-state index in [1.165, 1.54) is 9.80 Å². The largest absolute Gasteiger partial charge is 0.455 e. The van der Waals surface area contributed by atoms with Crippen molar-refractivity contribution >= 4 is 41.0 Å². The lowest BCUT2D eigenvalue weighted by Crippen LogP contribution is -2.58. The van der Waals surface area contributed by atoms with Crippen LogP contribution in [0.2, 0.25) is 5.02 Å². The van der Waals surface area contributed by atoms with Crippen LogP contribution in [0.1, 0.15) is 51.2 Å². The summed E-state index contributed by atoms with van der Waals surface area (Å²) in [7, 11) is 0. The number of aliphatic hydroxyl groups is 1. The highest BCUT2D eigenvalue weighted by atomic mass is 35.5. The molecule has 250 valence electrons. The number of likely N-dealkylation sites (tertiary alicyclic amines) is 1. The van der Waals surface area contributed by atoms with E-state index in [-0.39, 0.29) is 18.9 Å². The van der Waals surface area contributed by atoms with E-state index < -0.39 is 72.2 Å². The van der Waals surface area contributed by atoms with Crippen LogP contribution in [-0.4, -0.2) is 76.7 Å². The molecule has 2 N–H and O–H groups in total. The van der Waals surface area contributed by atoms with E-state index in [2.05, 4.69) is 18.5 Å². The summed E-state index contributed by atoms with van der Waals surface area (Å²) in [5.74, 6) is -3.67. The number of carbonyl (C=O) groups excluding carboxylic acids is 4. The van der Waals surface area contributed by atoms with Crippen LogP contribution in [0.4, 0.5) is 5.69 Å².